The van der Waals surface area contributed by atoms with E-state index in [9.17, 15) is 0 Å². The Kier molecular flexibility index (Phi) is 5.59. The molecule has 0 bridgehead atoms. The van der Waals surface area contributed by atoms with E-state index in [1.54, 1.807) is 0 Å². The summed E-state index contributed by atoms with van der Waals surface area (Å²) in [5, 5.41) is 3.34. The Labute approximate surface area is 122 Å². The van der Waals surface area contributed by atoms with Crippen LogP contribution in [-0.4, -0.2) is 55.1 Å². The number of piperidine rings is 1. The van der Waals surface area contributed by atoms with E-state index < -0.39 is 0 Å². The summed E-state index contributed by atoms with van der Waals surface area (Å²) in [4.78, 5) is 13.7. The lowest BCUT2D eigenvalue weighted by molar-refractivity contribution is 0.405. The molecule has 0 radical (unpaired) electrons. The highest BCUT2D eigenvalue weighted by Crippen LogP contribution is 2.19. The van der Waals surface area contributed by atoms with Gasteiger partial charge in [-0.15, -0.1) is 0 Å². The number of nitrogens with one attached hydrogen (secondary N) is 1. The minimum absolute atomic E-state index is 0.768. The molecule has 0 aliphatic carbocycles. The first-order valence-electron chi connectivity index (χ1n) is 7.64. The molecule has 2 heterocycles. The minimum atomic E-state index is 0.768. The molecule has 1 aromatic heterocycles. The Hall–Kier alpha value is -1.36. The highest BCUT2D eigenvalue weighted by molar-refractivity contribution is 5.45. The molecule has 0 amide bonds. The summed E-state index contributed by atoms with van der Waals surface area (Å²) in [5.41, 5.74) is 1.04. The summed E-state index contributed by atoms with van der Waals surface area (Å²) in [6.07, 6.45) is 4.99. The van der Waals surface area contributed by atoms with Crippen molar-refractivity contribution in [3.05, 3.63) is 11.8 Å². The van der Waals surface area contributed by atoms with Gasteiger partial charge in [-0.05, 0) is 53.2 Å². The third-order valence-corrected chi connectivity index (χ3v) is 3.59. The van der Waals surface area contributed by atoms with Gasteiger partial charge >= 0.3 is 0 Å². The van der Waals surface area contributed by atoms with Crippen LogP contribution in [0, 0.1) is 6.92 Å². The molecule has 1 aromatic rings. The Morgan fingerprint density at radius 2 is 1.95 bits per heavy atom. The molecule has 2 rings (SSSR count). The second kappa shape index (κ2) is 7.43. The van der Waals surface area contributed by atoms with Crippen LogP contribution in [0.3, 0.4) is 0 Å². The Bertz CT molecular complexity index is 413. The van der Waals surface area contributed by atoms with Crippen LogP contribution in [0.4, 0.5) is 11.8 Å². The van der Waals surface area contributed by atoms with Gasteiger partial charge in [0.05, 0.1) is 0 Å². The number of anilines is 2. The molecule has 5 heteroatoms. The normalized spacial score (nSPS) is 15.7. The zero-order chi connectivity index (χ0) is 14.4. The maximum absolute atomic E-state index is 4.66. The molecule has 1 aliphatic heterocycles. The first-order valence-corrected chi connectivity index (χ1v) is 7.64. The van der Waals surface area contributed by atoms with Crippen LogP contribution >= 0.6 is 0 Å². The van der Waals surface area contributed by atoms with Gasteiger partial charge in [-0.2, -0.15) is 4.98 Å². The SMILES string of the molecule is Cc1cc(N2CCCCC2)nc(NCCCN(C)C)n1. The van der Waals surface area contributed by atoms with Gasteiger partial charge in [0.2, 0.25) is 5.95 Å². The average Bonchev–Trinajstić information content (AvgIpc) is 2.44. The van der Waals surface area contributed by atoms with Crippen LogP contribution in [-0.2, 0) is 0 Å². The molecule has 1 fully saturated rings. The zero-order valence-electron chi connectivity index (χ0n) is 13.0. The van der Waals surface area contributed by atoms with Crippen LogP contribution < -0.4 is 10.2 Å². The quantitative estimate of drug-likeness (QED) is 0.807. The van der Waals surface area contributed by atoms with Crippen LogP contribution in [0.2, 0.25) is 0 Å². The fourth-order valence-electron chi connectivity index (χ4n) is 2.51. The average molecular weight is 277 g/mol. The molecule has 112 valence electrons. The number of hydrogen-bond acceptors (Lipinski definition) is 5. The summed E-state index contributed by atoms with van der Waals surface area (Å²) in [6.45, 7) is 6.28. The molecule has 0 aromatic carbocycles. The van der Waals surface area contributed by atoms with Gasteiger partial charge in [-0.3, -0.25) is 0 Å². The van der Waals surface area contributed by atoms with E-state index in [1.807, 2.05) is 6.92 Å². The van der Waals surface area contributed by atoms with Crippen molar-refractivity contribution in [2.75, 3.05) is 50.5 Å². The van der Waals surface area contributed by atoms with Gasteiger partial charge in [0.25, 0.3) is 0 Å². The maximum Gasteiger partial charge on any atom is 0.224 e. The molecule has 1 N–H and O–H groups in total. The monoisotopic (exact) mass is 277 g/mol. The lowest BCUT2D eigenvalue weighted by Crippen LogP contribution is -2.30. The Balaban J connectivity index is 1.93. The molecule has 0 atom stereocenters. The second-order valence-electron chi connectivity index (χ2n) is 5.82. The molecule has 0 spiro atoms. The minimum Gasteiger partial charge on any atom is -0.356 e. The summed E-state index contributed by atoms with van der Waals surface area (Å²) >= 11 is 0. The highest BCUT2D eigenvalue weighted by atomic mass is 15.2. The molecule has 0 unspecified atom stereocenters. The number of aromatic nitrogens is 2. The highest BCUT2D eigenvalue weighted by Gasteiger charge is 2.13. The molecular weight excluding hydrogens is 250 g/mol. The molecule has 0 saturated carbocycles. The lowest BCUT2D eigenvalue weighted by atomic mass is 10.1. The van der Waals surface area contributed by atoms with Gasteiger partial charge in [-0.1, -0.05) is 0 Å². The van der Waals surface area contributed by atoms with E-state index in [0.717, 1.165) is 50.1 Å². The fourth-order valence-corrected chi connectivity index (χ4v) is 2.51. The van der Waals surface area contributed by atoms with Gasteiger partial charge in [0.1, 0.15) is 5.82 Å². The standard InChI is InChI=1S/C15H27N5/c1-13-12-14(20-10-5-4-6-11-20)18-15(17-13)16-8-7-9-19(2)3/h12H,4-11H2,1-3H3,(H,16,17,18). The van der Waals surface area contributed by atoms with Gasteiger partial charge in [-0.25, -0.2) is 4.98 Å². The fraction of sp³-hybridized carbons (Fsp3) is 0.733. The van der Waals surface area contributed by atoms with E-state index in [1.165, 1.54) is 19.3 Å². The predicted molar refractivity (Wildman–Crippen MR) is 84.5 cm³/mol. The number of rotatable bonds is 6. The summed E-state index contributed by atoms with van der Waals surface area (Å²) in [7, 11) is 4.19. The zero-order valence-corrected chi connectivity index (χ0v) is 13.0. The van der Waals surface area contributed by atoms with Crippen LogP contribution in [0.1, 0.15) is 31.4 Å². The van der Waals surface area contributed by atoms with Crippen molar-refractivity contribution < 1.29 is 0 Å². The van der Waals surface area contributed by atoms with E-state index >= 15 is 0 Å². The summed E-state index contributed by atoms with van der Waals surface area (Å²) in [5.74, 6) is 1.84. The topological polar surface area (TPSA) is 44.3 Å². The largest absolute Gasteiger partial charge is 0.356 e. The van der Waals surface area contributed by atoms with Gasteiger partial charge in [0, 0.05) is 31.4 Å². The molecule has 20 heavy (non-hydrogen) atoms. The second-order valence-corrected chi connectivity index (χ2v) is 5.82. The molecule has 1 aliphatic rings. The molecule has 5 nitrogen and oxygen atoms in total. The maximum atomic E-state index is 4.66. The number of hydrogen-bond donors (Lipinski definition) is 1. The predicted octanol–water partition coefficient (Wildman–Crippen LogP) is 2.14. The van der Waals surface area contributed by atoms with Gasteiger partial charge in [0.15, 0.2) is 0 Å². The first-order chi connectivity index (χ1) is 9.65. The summed E-state index contributed by atoms with van der Waals surface area (Å²) in [6, 6.07) is 2.09. The molecular formula is C15H27N5. The number of aryl methyl sites for hydroxylation is 1. The lowest BCUT2D eigenvalue weighted by Gasteiger charge is -2.28. The number of nitrogens with zero attached hydrogens (tertiary/aromatic N) is 4. The van der Waals surface area contributed by atoms with Crippen molar-refractivity contribution in [2.45, 2.75) is 32.6 Å². The van der Waals surface area contributed by atoms with Crippen LogP contribution in [0.25, 0.3) is 0 Å². The summed E-state index contributed by atoms with van der Waals surface area (Å²) < 4.78 is 0. The van der Waals surface area contributed by atoms with Crippen molar-refractivity contribution in [1.29, 1.82) is 0 Å². The van der Waals surface area contributed by atoms with Crippen molar-refractivity contribution in [3.63, 3.8) is 0 Å². The van der Waals surface area contributed by atoms with E-state index in [2.05, 4.69) is 45.2 Å². The smallest absolute Gasteiger partial charge is 0.224 e. The van der Waals surface area contributed by atoms with Crippen LogP contribution in [0.5, 0.6) is 0 Å². The van der Waals surface area contributed by atoms with Crippen molar-refractivity contribution in [1.82, 2.24) is 14.9 Å². The van der Waals surface area contributed by atoms with Crippen molar-refractivity contribution in [3.8, 4) is 0 Å². The van der Waals surface area contributed by atoms with Crippen molar-refractivity contribution >= 4 is 11.8 Å². The van der Waals surface area contributed by atoms with Crippen molar-refractivity contribution in [2.24, 2.45) is 0 Å². The van der Waals surface area contributed by atoms with E-state index in [-0.39, 0.29) is 0 Å². The van der Waals surface area contributed by atoms with Crippen LogP contribution in [0.15, 0.2) is 6.07 Å². The van der Waals surface area contributed by atoms with Gasteiger partial charge < -0.3 is 15.1 Å². The van der Waals surface area contributed by atoms with E-state index in [0.29, 0.717) is 0 Å². The third kappa shape index (κ3) is 4.63. The molecule has 1 saturated heterocycles. The first kappa shape index (κ1) is 15.0. The Morgan fingerprint density at radius 3 is 2.65 bits per heavy atom. The van der Waals surface area contributed by atoms with E-state index in [4.69, 9.17) is 0 Å². The Morgan fingerprint density at radius 1 is 1.20 bits per heavy atom. The third-order valence-electron chi connectivity index (χ3n) is 3.59.